The van der Waals surface area contributed by atoms with Gasteiger partial charge >= 0.3 is 5.97 Å². The summed E-state index contributed by atoms with van der Waals surface area (Å²) in [6, 6.07) is 28.3. The molecular formula is C29H32O3. The van der Waals surface area contributed by atoms with Crippen LogP contribution in [0.25, 0.3) is 0 Å². The fourth-order valence-electron chi connectivity index (χ4n) is 4.23. The molecule has 0 saturated carbocycles. The van der Waals surface area contributed by atoms with Crippen LogP contribution in [0.15, 0.2) is 84.9 Å². The van der Waals surface area contributed by atoms with Crippen molar-refractivity contribution in [3.05, 3.63) is 102 Å². The first kappa shape index (κ1) is 22.3. The van der Waals surface area contributed by atoms with E-state index in [0.29, 0.717) is 5.75 Å². The lowest BCUT2D eigenvalue weighted by Gasteiger charge is -2.08. The summed E-state index contributed by atoms with van der Waals surface area (Å²) < 4.78 is 11.2. The van der Waals surface area contributed by atoms with E-state index in [4.69, 9.17) is 9.47 Å². The number of epoxide rings is 1. The van der Waals surface area contributed by atoms with Gasteiger partial charge in [0.25, 0.3) is 0 Å². The molecule has 0 bridgehead atoms. The van der Waals surface area contributed by atoms with Crippen molar-refractivity contribution in [1.29, 1.82) is 0 Å². The number of rotatable bonds is 12. The molecule has 1 fully saturated rings. The van der Waals surface area contributed by atoms with E-state index in [9.17, 15) is 4.79 Å². The molecule has 1 aliphatic rings. The topological polar surface area (TPSA) is 38.8 Å². The van der Waals surface area contributed by atoms with Crippen LogP contribution >= 0.6 is 0 Å². The van der Waals surface area contributed by atoms with Crippen molar-refractivity contribution in [2.45, 2.75) is 63.6 Å². The lowest BCUT2D eigenvalue weighted by molar-refractivity contribution is -0.135. The Morgan fingerprint density at radius 2 is 1.28 bits per heavy atom. The minimum atomic E-state index is -0.499. The summed E-state index contributed by atoms with van der Waals surface area (Å²) in [5.41, 5.74) is 3.86. The van der Waals surface area contributed by atoms with Crippen LogP contribution in [-0.2, 0) is 22.4 Å². The maximum atomic E-state index is 12.4. The van der Waals surface area contributed by atoms with Gasteiger partial charge in [0.05, 0.1) is 0 Å². The van der Waals surface area contributed by atoms with Crippen LogP contribution in [0.4, 0.5) is 0 Å². The van der Waals surface area contributed by atoms with Crippen molar-refractivity contribution in [2.75, 3.05) is 0 Å². The first-order chi connectivity index (χ1) is 15.8. The van der Waals surface area contributed by atoms with Gasteiger partial charge in [0.15, 0.2) is 6.10 Å². The maximum Gasteiger partial charge on any atom is 0.343 e. The highest BCUT2D eigenvalue weighted by molar-refractivity contribution is 5.80. The van der Waals surface area contributed by atoms with E-state index in [0.717, 1.165) is 12.0 Å². The molecule has 3 aromatic rings. The Balaban J connectivity index is 1.15. The molecule has 1 saturated heterocycles. The van der Waals surface area contributed by atoms with Crippen LogP contribution in [-0.4, -0.2) is 12.1 Å². The van der Waals surface area contributed by atoms with Crippen molar-refractivity contribution in [3.63, 3.8) is 0 Å². The number of benzene rings is 3. The molecule has 1 heterocycles. The van der Waals surface area contributed by atoms with Gasteiger partial charge in [0, 0.05) is 0 Å². The summed E-state index contributed by atoms with van der Waals surface area (Å²) in [5.74, 6) is 0.246. The second-order valence-corrected chi connectivity index (χ2v) is 8.52. The summed E-state index contributed by atoms with van der Waals surface area (Å²) in [4.78, 5) is 12.4. The number of carbonyl (C=O) groups is 1. The van der Waals surface area contributed by atoms with Gasteiger partial charge < -0.3 is 9.47 Å². The Kier molecular flexibility index (Phi) is 8.11. The average molecular weight is 429 g/mol. The first-order valence-corrected chi connectivity index (χ1v) is 11.9. The first-order valence-electron chi connectivity index (χ1n) is 11.9. The van der Waals surface area contributed by atoms with Crippen LogP contribution < -0.4 is 4.74 Å². The Morgan fingerprint density at radius 3 is 2.03 bits per heavy atom. The summed E-state index contributed by atoms with van der Waals surface area (Å²) in [7, 11) is 0. The molecule has 166 valence electrons. The summed E-state index contributed by atoms with van der Waals surface area (Å²) in [6.07, 6.45) is 9.09. The van der Waals surface area contributed by atoms with Crippen molar-refractivity contribution in [3.8, 4) is 5.75 Å². The predicted molar refractivity (Wildman–Crippen MR) is 128 cm³/mol. The smallest absolute Gasteiger partial charge is 0.343 e. The monoisotopic (exact) mass is 428 g/mol. The zero-order chi connectivity index (χ0) is 22.0. The molecule has 0 amide bonds. The van der Waals surface area contributed by atoms with Gasteiger partial charge in [-0.1, -0.05) is 98.5 Å². The van der Waals surface area contributed by atoms with Crippen molar-refractivity contribution in [1.82, 2.24) is 0 Å². The quantitative estimate of drug-likeness (QED) is 0.137. The van der Waals surface area contributed by atoms with E-state index in [1.54, 1.807) is 12.1 Å². The van der Waals surface area contributed by atoms with Gasteiger partial charge in [-0.05, 0) is 54.5 Å². The van der Waals surface area contributed by atoms with Gasteiger partial charge in [-0.3, -0.25) is 0 Å². The Hall–Kier alpha value is -2.91. The number of ether oxygens (including phenoxy) is 2. The third kappa shape index (κ3) is 6.54. The van der Waals surface area contributed by atoms with Gasteiger partial charge in [-0.2, -0.15) is 0 Å². The molecule has 0 N–H and O–H groups in total. The molecule has 32 heavy (non-hydrogen) atoms. The fourth-order valence-corrected chi connectivity index (χ4v) is 4.23. The van der Waals surface area contributed by atoms with Crippen molar-refractivity contribution >= 4 is 5.97 Å². The highest BCUT2D eigenvalue weighted by atomic mass is 16.6. The molecule has 0 spiro atoms. The third-order valence-corrected chi connectivity index (χ3v) is 6.05. The van der Waals surface area contributed by atoms with E-state index in [1.807, 2.05) is 24.3 Å². The largest absolute Gasteiger partial charge is 0.425 e. The molecule has 4 rings (SSSR count). The Bertz CT molecular complexity index is 968. The molecule has 1 aliphatic heterocycles. The zero-order valence-electron chi connectivity index (χ0n) is 18.6. The minimum Gasteiger partial charge on any atom is -0.425 e. The summed E-state index contributed by atoms with van der Waals surface area (Å²) >= 11 is 0. The predicted octanol–water partition coefficient (Wildman–Crippen LogP) is 6.86. The van der Waals surface area contributed by atoms with E-state index < -0.39 is 6.10 Å². The van der Waals surface area contributed by atoms with E-state index in [-0.39, 0.29) is 12.1 Å². The van der Waals surface area contributed by atoms with Crippen LogP contribution in [0, 0.1) is 0 Å². The van der Waals surface area contributed by atoms with Crippen molar-refractivity contribution < 1.29 is 14.3 Å². The number of para-hydroxylation sites is 1. The van der Waals surface area contributed by atoms with Crippen LogP contribution in [0.3, 0.4) is 0 Å². The lowest BCUT2D eigenvalue weighted by Crippen LogP contribution is -2.15. The Labute approximate surface area is 191 Å². The van der Waals surface area contributed by atoms with Gasteiger partial charge in [0.2, 0.25) is 0 Å². The Morgan fingerprint density at radius 1 is 0.688 bits per heavy atom. The number of unbranched alkanes of at least 4 members (excludes halogenated alkanes) is 5. The highest BCUT2D eigenvalue weighted by Crippen LogP contribution is 2.41. The third-order valence-electron chi connectivity index (χ3n) is 6.05. The zero-order valence-corrected chi connectivity index (χ0v) is 18.6. The standard InChI is InChI=1S/C29H32O3/c30-29(31-25-20-11-6-12-21-25)28-27(32-28)26-22-14-13-19-24(26)18-10-4-2-1-3-7-15-23-16-8-5-9-17-23/h5-6,8-9,11-14,16-17,19-22,27-28H,1-4,7,10,15,18H2. The molecule has 3 nitrogen and oxygen atoms in total. The lowest BCUT2D eigenvalue weighted by atomic mass is 9.97. The number of aryl methyl sites for hydroxylation is 2. The molecule has 0 aliphatic carbocycles. The van der Waals surface area contributed by atoms with Crippen LogP contribution in [0.5, 0.6) is 5.75 Å². The number of carbonyl (C=O) groups excluding carboxylic acids is 1. The normalized spacial score (nSPS) is 17.1. The molecule has 0 aromatic heterocycles. The van der Waals surface area contributed by atoms with Gasteiger partial charge in [-0.25, -0.2) is 4.79 Å². The van der Waals surface area contributed by atoms with E-state index in [1.165, 1.54) is 56.1 Å². The molecular weight excluding hydrogens is 396 g/mol. The van der Waals surface area contributed by atoms with Gasteiger partial charge in [0.1, 0.15) is 11.9 Å². The van der Waals surface area contributed by atoms with Gasteiger partial charge in [-0.15, -0.1) is 0 Å². The molecule has 2 unspecified atom stereocenters. The molecule has 2 atom stereocenters. The summed E-state index contributed by atoms with van der Waals surface area (Å²) in [5, 5.41) is 0. The van der Waals surface area contributed by atoms with Crippen molar-refractivity contribution in [2.24, 2.45) is 0 Å². The number of hydrogen-bond donors (Lipinski definition) is 0. The number of hydrogen-bond acceptors (Lipinski definition) is 3. The fraction of sp³-hybridized carbons (Fsp3) is 0.345. The van der Waals surface area contributed by atoms with E-state index >= 15 is 0 Å². The van der Waals surface area contributed by atoms with Crippen LogP contribution in [0.2, 0.25) is 0 Å². The van der Waals surface area contributed by atoms with E-state index in [2.05, 4.69) is 48.5 Å². The second-order valence-electron chi connectivity index (χ2n) is 8.52. The maximum absolute atomic E-state index is 12.4. The van der Waals surface area contributed by atoms with Crippen LogP contribution in [0.1, 0.15) is 61.3 Å². The molecule has 0 radical (unpaired) electrons. The molecule has 3 heteroatoms. The minimum absolute atomic E-state index is 0.180. The summed E-state index contributed by atoms with van der Waals surface area (Å²) in [6.45, 7) is 0. The average Bonchev–Trinajstić information content (AvgIpc) is 3.63. The number of esters is 1. The second kappa shape index (κ2) is 11.6. The highest BCUT2D eigenvalue weighted by Gasteiger charge is 2.48. The molecule has 3 aromatic carbocycles. The SMILES string of the molecule is O=C(Oc1ccccc1)C1OC1c1ccccc1CCCCCCCCc1ccccc1.